The van der Waals surface area contributed by atoms with Gasteiger partial charge in [-0.3, -0.25) is 10.1 Å². The highest BCUT2D eigenvalue weighted by Crippen LogP contribution is 2.41. The zero-order valence-electron chi connectivity index (χ0n) is 13.2. The van der Waals surface area contributed by atoms with Gasteiger partial charge in [0.05, 0.1) is 12.2 Å². The molecule has 2 aliphatic rings. The van der Waals surface area contributed by atoms with Gasteiger partial charge in [0, 0.05) is 6.04 Å². The summed E-state index contributed by atoms with van der Waals surface area (Å²) in [6.45, 7) is 11.1. The average molecular weight is 266 g/mol. The van der Waals surface area contributed by atoms with Gasteiger partial charge in [0.25, 0.3) is 0 Å². The maximum Gasteiger partial charge on any atom is 0.240 e. The molecule has 0 radical (unpaired) electrons. The summed E-state index contributed by atoms with van der Waals surface area (Å²) < 4.78 is 0. The van der Waals surface area contributed by atoms with E-state index in [1.807, 2.05) is 6.92 Å². The molecular formula is C16H30N2O. The lowest BCUT2D eigenvalue weighted by atomic mass is 9.72. The van der Waals surface area contributed by atoms with E-state index >= 15 is 0 Å². The van der Waals surface area contributed by atoms with Crippen molar-refractivity contribution in [3.8, 4) is 0 Å². The Kier molecular flexibility index (Phi) is 4.24. The van der Waals surface area contributed by atoms with Crippen LogP contribution in [0.15, 0.2) is 0 Å². The third-order valence-electron chi connectivity index (χ3n) is 4.88. The van der Waals surface area contributed by atoms with Crippen molar-refractivity contribution in [1.29, 1.82) is 0 Å². The van der Waals surface area contributed by atoms with Crippen molar-refractivity contribution in [3.63, 3.8) is 0 Å². The molecule has 1 saturated carbocycles. The van der Waals surface area contributed by atoms with Gasteiger partial charge in [-0.2, -0.15) is 0 Å². The maximum absolute atomic E-state index is 12.5. The number of amides is 1. The number of carbonyl (C=O) groups is 1. The van der Waals surface area contributed by atoms with Crippen LogP contribution in [-0.4, -0.2) is 29.1 Å². The maximum atomic E-state index is 12.5. The first kappa shape index (κ1) is 14.8. The molecule has 0 aromatic rings. The number of hydrogen-bond donors (Lipinski definition) is 1. The Hall–Kier alpha value is -0.570. The molecule has 3 unspecified atom stereocenters. The normalized spacial score (nSPS) is 35.2. The van der Waals surface area contributed by atoms with Crippen LogP contribution >= 0.6 is 0 Å². The molecule has 1 heterocycles. The Morgan fingerprint density at radius 1 is 1.37 bits per heavy atom. The monoisotopic (exact) mass is 266 g/mol. The van der Waals surface area contributed by atoms with Gasteiger partial charge in [-0.25, -0.2) is 0 Å². The Morgan fingerprint density at radius 3 is 2.63 bits per heavy atom. The summed E-state index contributed by atoms with van der Waals surface area (Å²) >= 11 is 0. The topological polar surface area (TPSA) is 32.3 Å². The molecule has 110 valence electrons. The number of rotatable bonds is 3. The summed E-state index contributed by atoms with van der Waals surface area (Å²) in [7, 11) is 0. The van der Waals surface area contributed by atoms with E-state index in [1.54, 1.807) is 0 Å². The SMILES string of the molecule is CC(C)CC1NC(C)C(=O)N1C1CCCCC1(C)C. The van der Waals surface area contributed by atoms with Crippen LogP contribution in [-0.2, 0) is 4.79 Å². The summed E-state index contributed by atoms with van der Waals surface area (Å²) in [6, 6.07) is 0.399. The Bertz CT molecular complexity index is 338. The number of nitrogens with one attached hydrogen (secondary N) is 1. The average Bonchev–Trinajstić information content (AvgIpc) is 2.54. The minimum Gasteiger partial charge on any atom is -0.322 e. The van der Waals surface area contributed by atoms with Crippen molar-refractivity contribution < 1.29 is 4.79 Å². The lowest BCUT2D eigenvalue weighted by Gasteiger charge is -2.46. The van der Waals surface area contributed by atoms with Gasteiger partial charge >= 0.3 is 0 Å². The molecule has 1 amide bonds. The summed E-state index contributed by atoms with van der Waals surface area (Å²) in [5.74, 6) is 0.926. The van der Waals surface area contributed by atoms with E-state index in [4.69, 9.17) is 0 Å². The van der Waals surface area contributed by atoms with Crippen LogP contribution in [0.1, 0.15) is 66.7 Å². The Labute approximate surface area is 118 Å². The lowest BCUT2D eigenvalue weighted by molar-refractivity contribution is -0.136. The zero-order valence-corrected chi connectivity index (χ0v) is 13.2. The molecule has 0 bridgehead atoms. The number of carbonyl (C=O) groups excluding carboxylic acids is 1. The van der Waals surface area contributed by atoms with Gasteiger partial charge in [-0.1, -0.05) is 40.5 Å². The third-order valence-corrected chi connectivity index (χ3v) is 4.88. The van der Waals surface area contributed by atoms with E-state index in [-0.39, 0.29) is 17.6 Å². The van der Waals surface area contributed by atoms with Gasteiger partial charge in [0.1, 0.15) is 0 Å². The molecule has 2 rings (SSSR count). The van der Waals surface area contributed by atoms with Crippen molar-refractivity contribution in [1.82, 2.24) is 10.2 Å². The molecule has 3 atom stereocenters. The molecular weight excluding hydrogens is 236 g/mol. The molecule has 1 N–H and O–H groups in total. The van der Waals surface area contributed by atoms with Crippen LogP contribution in [0.25, 0.3) is 0 Å². The molecule has 0 aromatic carbocycles. The van der Waals surface area contributed by atoms with Crippen LogP contribution in [0, 0.1) is 11.3 Å². The third kappa shape index (κ3) is 2.96. The zero-order chi connectivity index (χ0) is 14.2. The second-order valence-electron chi connectivity index (χ2n) is 7.53. The summed E-state index contributed by atoms with van der Waals surface area (Å²) in [5.41, 5.74) is 0.259. The van der Waals surface area contributed by atoms with Gasteiger partial charge in [0.2, 0.25) is 5.91 Å². The first-order valence-electron chi connectivity index (χ1n) is 7.91. The minimum atomic E-state index is -0.0125. The molecule has 3 nitrogen and oxygen atoms in total. The molecule has 0 spiro atoms. The largest absolute Gasteiger partial charge is 0.322 e. The van der Waals surface area contributed by atoms with Crippen molar-refractivity contribution in [3.05, 3.63) is 0 Å². The van der Waals surface area contributed by atoms with Crippen LogP contribution in [0.4, 0.5) is 0 Å². The van der Waals surface area contributed by atoms with Gasteiger partial charge in [-0.05, 0) is 37.5 Å². The smallest absolute Gasteiger partial charge is 0.240 e. The summed E-state index contributed by atoms with van der Waals surface area (Å²) in [5, 5.41) is 3.50. The van der Waals surface area contributed by atoms with E-state index in [2.05, 4.69) is 37.9 Å². The fourth-order valence-electron chi connectivity index (χ4n) is 3.81. The number of hydrogen-bond acceptors (Lipinski definition) is 2. The van der Waals surface area contributed by atoms with Crippen LogP contribution in [0.2, 0.25) is 0 Å². The van der Waals surface area contributed by atoms with Gasteiger partial charge < -0.3 is 4.90 Å². The van der Waals surface area contributed by atoms with Crippen molar-refractivity contribution in [2.24, 2.45) is 11.3 Å². The quantitative estimate of drug-likeness (QED) is 0.851. The van der Waals surface area contributed by atoms with Crippen molar-refractivity contribution in [2.45, 2.75) is 85.0 Å². The van der Waals surface area contributed by atoms with E-state index in [9.17, 15) is 4.79 Å². The molecule has 1 aliphatic carbocycles. The fraction of sp³-hybridized carbons (Fsp3) is 0.938. The predicted molar refractivity (Wildman–Crippen MR) is 78.7 cm³/mol. The Balaban J connectivity index is 2.20. The lowest BCUT2D eigenvalue weighted by Crippen LogP contribution is -2.52. The molecule has 0 aromatic heterocycles. The molecule has 2 fully saturated rings. The molecule has 1 aliphatic heterocycles. The van der Waals surface area contributed by atoms with E-state index < -0.39 is 0 Å². The van der Waals surface area contributed by atoms with E-state index in [1.165, 1.54) is 25.7 Å². The Morgan fingerprint density at radius 2 is 2.05 bits per heavy atom. The molecule has 3 heteroatoms. The van der Waals surface area contributed by atoms with E-state index in [0.717, 1.165) is 6.42 Å². The number of nitrogens with zero attached hydrogens (tertiary/aromatic N) is 1. The fourth-order valence-corrected chi connectivity index (χ4v) is 3.81. The second-order valence-corrected chi connectivity index (χ2v) is 7.53. The minimum absolute atomic E-state index is 0.0125. The first-order chi connectivity index (χ1) is 8.83. The van der Waals surface area contributed by atoms with Crippen LogP contribution in [0.3, 0.4) is 0 Å². The summed E-state index contributed by atoms with van der Waals surface area (Å²) in [4.78, 5) is 14.7. The van der Waals surface area contributed by atoms with Crippen LogP contribution in [0.5, 0.6) is 0 Å². The molecule has 1 saturated heterocycles. The van der Waals surface area contributed by atoms with Gasteiger partial charge in [0.15, 0.2) is 0 Å². The highest BCUT2D eigenvalue weighted by atomic mass is 16.2. The standard InChI is InChI=1S/C16H30N2O/c1-11(2)10-14-17-12(3)15(19)18(14)13-8-6-7-9-16(13,4)5/h11-14,17H,6-10H2,1-5H3. The predicted octanol–water partition coefficient (Wildman–Crippen LogP) is 3.15. The molecule has 19 heavy (non-hydrogen) atoms. The van der Waals surface area contributed by atoms with E-state index in [0.29, 0.717) is 17.9 Å². The van der Waals surface area contributed by atoms with Crippen molar-refractivity contribution >= 4 is 5.91 Å². The van der Waals surface area contributed by atoms with Crippen LogP contribution < -0.4 is 5.32 Å². The highest BCUT2D eigenvalue weighted by molar-refractivity contribution is 5.84. The van der Waals surface area contributed by atoms with Crippen molar-refractivity contribution in [2.75, 3.05) is 0 Å². The first-order valence-corrected chi connectivity index (χ1v) is 7.91. The highest BCUT2D eigenvalue weighted by Gasteiger charge is 2.46. The second kappa shape index (κ2) is 5.43. The van der Waals surface area contributed by atoms with Gasteiger partial charge in [-0.15, -0.1) is 0 Å². The summed E-state index contributed by atoms with van der Waals surface area (Å²) in [6.07, 6.45) is 6.28.